The Kier molecular flexibility index (Phi) is 30.8. The number of aliphatic hydroxyl groups is 12. The predicted octanol–water partition coefficient (Wildman–Crippen LogP) is -2.47. The molecule has 35 nitrogen and oxygen atoms in total. The molecule has 0 aliphatic carbocycles. The van der Waals surface area contributed by atoms with Crippen LogP contribution in [0.1, 0.15) is 201 Å². The third-order valence-corrected chi connectivity index (χ3v) is 33.4. The minimum Gasteiger partial charge on any atom is -0.393 e. The number of carbonyl (C=O) groups is 3. The van der Waals surface area contributed by atoms with Gasteiger partial charge in [-0.2, -0.15) is 0 Å². The number of hydrogen-bond acceptors (Lipinski definition) is 29. The summed E-state index contributed by atoms with van der Waals surface area (Å²) in [6.45, 7) is 42.9. The molecule has 0 aromatic carbocycles. The molecule has 3 amide bonds. The van der Waals surface area contributed by atoms with Gasteiger partial charge in [0, 0.05) is 72.9 Å². The lowest BCUT2D eigenvalue weighted by molar-refractivity contribution is -0.581. The van der Waals surface area contributed by atoms with Crippen LogP contribution in [0.25, 0.3) is 0 Å². The third kappa shape index (κ3) is 16.2. The molecule has 12 unspecified atom stereocenters. The minimum atomic E-state index is -1.96. The largest absolute Gasteiger partial charge is 0.393 e. The number of rotatable bonds is 33. The quantitative estimate of drug-likeness (QED) is 0.0324. The second-order valence-corrected chi connectivity index (χ2v) is 41.5. The van der Waals surface area contributed by atoms with Crippen molar-refractivity contribution in [3.63, 3.8) is 0 Å². The molecular weight excluding hydrogens is 1560 g/mol. The topological polar surface area (TPSA) is 542 Å². The molecule has 6 rings (SSSR count). The number of ether oxygens (including phenoxy) is 14. The highest BCUT2D eigenvalue weighted by atomic mass is 16.6. The van der Waals surface area contributed by atoms with Crippen molar-refractivity contribution in [2.24, 2.45) is 34.5 Å². The fourth-order valence-corrected chi connectivity index (χ4v) is 21.9. The van der Waals surface area contributed by atoms with Gasteiger partial charge in [0.1, 0.15) is 56.0 Å². The second-order valence-electron chi connectivity index (χ2n) is 41.5. The van der Waals surface area contributed by atoms with E-state index in [1.54, 1.807) is 166 Å². The molecule has 6 aliphatic rings. The number of carbonyl (C=O) groups excluding carboxylic acids is 3. The fourth-order valence-electron chi connectivity index (χ4n) is 21.9. The molecule has 6 heterocycles. The summed E-state index contributed by atoms with van der Waals surface area (Å²) in [5.41, 5.74) is -24.1. The van der Waals surface area contributed by atoms with Crippen LogP contribution in [0.3, 0.4) is 0 Å². The van der Waals surface area contributed by atoms with Gasteiger partial charge >= 0.3 is 0 Å². The molecule has 0 saturated carbocycles. The van der Waals surface area contributed by atoms with Crippen molar-refractivity contribution < 1.29 is 159 Å². The first kappa shape index (κ1) is 107. The van der Waals surface area contributed by atoms with Gasteiger partial charge in [-0.3, -0.25) is 14.4 Å². The lowest BCUT2D eigenvalue weighted by Gasteiger charge is -2.69. The summed E-state index contributed by atoms with van der Waals surface area (Å²) in [6, 6.07) is 0. The Morgan fingerprint density at radius 2 is 0.504 bits per heavy atom. The Morgan fingerprint density at radius 1 is 0.286 bits per heavy atom. The highest BCUT2D eigenvalue weighted by Gasteiger charge is 2.80. The van der Waals surface area contributed by atoms with Crippen molar-refractivity contribution in [1.29, 1.82) is 0 Å². The van der Waals surface area contributed by atoms with Crippen LogP contribution in [0.2, 0.25) is 0 Å². The van der Waals surface area contributed by atoms with E-state index in [0.717, 1.165) is 0 Å². The van der Waals surface area contributed by atoms with Crippen LogP contribution in [-0.4, -0.2) is 360 Å². The van der Waals surface area contributed by atoms with E-state index in [0.29, 0.717) is 0 Å². The second kappa shape index (κ2) is 34.4. The molecule has 0 radical (unpaired) electrons. The van der Waals surface area contributed by atoms with Crippen LogP contribution < -0.4 is 33.2 Å². The Morgan fingerprint density at radius 3 is 0.782 bits per heavy atom. The lowest BCUT2D eigenvalue weighted by atomic mass is 9.51. The molecular formula is C84H163N6O29+3. The van der Waals surface area contributed by atoms with E-state index < -0.39 is 226 Å². The van der Waals surface area contributed by atoms with Gasteiger partial charge in [0.25, 0.3) is 0 Å². The highest BCUT2D eigenvalue weighted by Crippen LogP contribution is 2.62. The van der Waals surface area contributed by atoms with Crippen molar-refractivity contribution in [2.45, 2.75) is 335 Å². The monoisotopic (exact) mass is 1720 g/mol. The molecule has 0 aromatic rings. The average molecular weight is 1720 g/mol. The summed E-state index contributed by atoms with van der Waals surface area (Å²) in [5, 5.41) is 148. The van der Waals surface area contributed by atoms with Gasteiger partial charge in [-0.1, -0.05) is 13.8 Å². The first-order valence-corrected chi connectivity index (χ1v) is 41.4. The average Bonchev–Trinajstić information content (AvgIpc) is 0.681. The number of nitrogens with one attached hydrogen (secondary N) is 3. The van der Waals surface area contributed by atoms with E-state index in [4.69, 9.17) is 66.3 Å². The van der Waals surface area contributed by atoms with Crippen molar-refractivity contribution in [2.75, 3.05) is 147 Å². The number of aliphatic hydroxyl groups excluding tert-OH is 6. The number of hydrogen-bond donors (Lipinski definition) is 18. The molecule has 35 heteroatoms. The van der Waals surface area contributed by atoms with Crippen LogP contribution in [0.15, 0.2) is 0 Å². The summed E-state index contributed by atoms with van der Waals surface area (Å²) < 4.78 is 87.8. The highest BCUT2D eigenvalue weighted by molar-refractivity contribution is 5.75. The van der Waals surface area contributed by atoms with Crippen LogP contribution in [0.4, 0.5) is 0 Å². The smallest absolute Gasteiger partial charge is 0.217 e. The summed E-state index contributed by atoms with van der Waals surface area (Å²) in [7, 11) is 5.98. The van der Waals surface area contributed by atoms with Gasteiger partial charge in [0.2, 0.25) is 17.7 Å². The van der Waals surface area contributed by atoms with E-state index in [1.807, 2.05) is 6.92 Å². The molecule has 30 atom stereocenters. The molecule has 0 spiro atoms. The van der Waals surface area contributed by atoms with Crippen LogP contribution >= 0.6 is 0 Å². The van der Waals surface area contributed by atoms with Crippen LogP contribution in [0, 0.1) is 34.5 Å². The number of methoxy groups -OCH3 is 4. The zero-order valence-corrected chi connectivity index (χ0v) is 78.5. The Labute approximate surface area is 706 Å². The summed E-state index contributed by atoms with van der Waals surface area (Å²) >= 11 is 0. The number of quaternary nitrogens is 3. The molecule has 700 valence electrons. The Balaban J connectivity index is 0.000000429. The van der Waals surface area contributed by atoms with Crippen LogP contribution in [0.5, 0.6) is 0 Å². The van der Waals surface area contributed by atoms with Gasteiger partial charge in [-0.25, -0.2) is 0 Å². The molecule has 24 N–H and O–H groups in total. The lowest BCUT2D eigenvalue weighted by Crippen LogP contribution is -2.96. The SMILES string of the molecule is COC[C@]1(C)OC(C)(CO)[C@@H](COC[C@]2(C)OC(C)(CO)[C@@H](COC[C@]3(C)OC(C)(CO)[C@@](C)(COC)[C@@](C)(O)C3(C)NC(C)=O)[C@@](C)(O)C2(C)NC(C)=O)[C@@](C)(O)C1(C)NC(C)=O.COC[C@]1(C)OC(C)(CO)[C@@H](COC[C@]2(C)OC(C)(CO)[C@@H](COC[C@]3(C)OC(C)(CO)[C@@](C)(COC)[C@@](C)(O)C3(C)[NH3+])[C@@](C)(O)C2(C)[NH3+])[C@@](C)(O)C1(C)[NH3+]. The maximum Gasteiger partial charge on any atom is 0.217 e. The van der Waals surface area contributed by atoms with E-state index >= 15 is 0 Å². The minimum absolute atomic E-state index is 0.0523. The van der Waals surface area contributed by atoms with Gasteiger partial charge in [-0.05, 0) is 166 Å². The third-order valence-electron chi connectivity index (χ3n) is 33.4. The van der Waals surface area contributed by atoms with Crippen LogP contribution in [-0.2, 0) is 80.7 Å². The van der Waals surface area contributed by atoms with E-state index in [-0.39, 0.29) is 79.3 Å². The Bertz CT molecular complexity index is 3520. The van der Waals surface area contributed by atoms with Gasteiger partial charge in [-0.15, -0.1) is 0 Å². The first-order valence-electron chi connectivity index (χ1n) is 41.4. The summed E-state index contributed by atoms with van der Waals surface area (Å²) in [6.07, 6.45) is 0. The first-order chi connectivity index (χ1) is 53.5. The fraction of sp³-hybridized carbons (Fsp3) is 0.964. The van der Waals surface area contributed by atoms with Gasteiger partial charge in [0.15, 0.2) is 16.6 Å². The van der Waals surface area contributed by atoms with Crippen molar-refractivity contribution in [3.05, 3.63) is 0 Å². The maximum atomic E-state index is 13.1. The molecule has 6 saturated heterocycles. The van der Waals surface area contributed by atoms with Crippen molar-refractivity contribution in [3.8, 4) is 0 Å². The molecule has 6 aliphatic heterocycles. The molecule has 119 heavy (non-hydrogen) atoms. The van der Waals surface area contributed by atoms with E-state index in [1.165, 1.54) is 55.9 Å². The number of amides is 3. The maximum absolute atomic E-state index is 13.1. The van der Waals surface area contributed by atoms with Gasteiger partial charge in [0.05, 0.1) is 191 Å². The van der Waals surface area contributed by atoms with E-state index in [2.05, 4.69) is 33.2 Å². The normalized spacial score (nSPS) is 51.3. The van der Waals surface area contributed by atoms with E-state index in [9.17, 15) is 75.7 Å². The molecule has 6 fully saturated rings. The predicted molar refractivity (Wildman–Crippen MR) is 435 cm³/mol. The summed E-state index contributed by atoms with van der Waals surface area (Å²) in [4.78, 5) is 38.5. The zero-order chi connectivity index (χ0) is 92.8. The van der Waals surface area contributed by atoms with Gasteiger partial charge < -0.3 is 161 Å². The standard InChI is InChI=1S/C45H83N3O16.C39H77N3O13/c1-28(52)46-42(13)37(8,25-59-18)62-33(4,21-49)31(40(42,11)55)19-60-26-38(9)43(14,47-29(2)53)41(12,56)32(34(5,22-50)63-38)20-61-27-39(10)44(15,48-30(3)54)45(16,57)35(6,24-58-17)36(7,23-51)64-39;1-27(18-43)25(34(8,46)36(10,40)31(5,53-27)22-50-15)16-51-23-32(6)37(11,41)35(9,47)26(28(2,19-44)54-32)17-52-24-33(7)38(12,42)39(13,48)29(3,21-49-14)30(4,20-45)55-33/h31-32,49-51,55-57H,19-27H2,1-18H3,(H,46,52)(H,47,53)(H,48,54);25-26,43-48H,16-24,40-42H2,1-15H3/p+3/t31-,32-,33?,34?,35-,36?,37+,38+,39+,40-,41-,42?,43?,44?,45-;25-,26-,27?,28?,29-,30?,31+,32+,33+,34-,35-,36?,37?,38?,39-/m11/s1. The Hall–Kier alpha value is -2.75. The zero-order valence-electron chi connectivity index (χ0n) is 78.5. The van der Waals surface area contributed by atoms with Crippen molar-refractivity contribution >= 4 is 17.7 Å². The van der Waals surface area contributed by atoms with Crippen molar-refractivity contribution in [1.82, 2.24) is 16.0 Å². The summed E-state index contributed by atoms with van der Waals surface area (Å²) in [5.74, 6) is -5.13. The molecule has 0 aromatic heterocycles. The molecule has 0 bridgehead atoms.